The number of fused-ring (bicyclic) bond motifs is 1. The molecule has 1 aliphatic carbocycles. The molecule has 5 heteroatoms. The van der Waals surface area contributed by atoms with Gasteiger partial charge in [-0.3, -0.25) is 9.59 Å². The first-order valence-corrected chi connectivity index (χ1v) is 9.22. The van der Waals surface area contributed by atoms with Crippen LogP contribution in [-0.4, -0.2) is 41.6 Å². The lowest BCUT2D eigenvalue weighted by molar-refractivity contribution is -0.149. The van der Waals surface area contributed by atoms with Crippen LogP contribution in [0.2, 0.25) is 0 Å². The molecule has 2 aliphatic rings. The summed E-state index contributed by atoms with van der Waals surface area (Å²) in [5.41, 5.74) is 0.490. The highest BCUT2D eigenvalue weighted by molar-refractivity contribution is 5.81. The second-order valence-corrected chi connectivity index (χ2v) is 7.45. The van der Waals surface area contributed by atoms with Crippen LogP contribution in [0.5, 0.6) is 5.75 Å². The van der Waals surface area contributed by atoms with Gasteiger partial charge in [0.25, 0.3) is 0 Å². The molecule has 5 nitrogen and oxygen atoms in total. The summed E-state index contributed by atoms with van der Waals surface area (Å²) in [5, 5.41) is 9.59. The smallest absolute Gasteiger partial charge is 0.311 e. The Kier molecular flexibility index (Phi) is 5.30. The Morgan fingerprint density at radius 2 is 2.20 bits per heavy atom. The molecular weight excluding hydrogens is 318 g/mol. The summed E-state index contributed by atoms with van der Waals surface area (Å²) in [7, 11) is 0. The van der Waals surface area contributed by atoms with E-state index in [-0.39, 0.29) is 11.8 Å². The number of hydrogen-bond acceptors (Lipinski definition) is 3. The SMILES string of the molecule is Cc1cccc(OCCCCC(=O)N2C[C@@H]3CCC[C@@]3(C(=O)O)C2)c1. The third-order valence-corrected chi connectivity index (χ3v) is 5.69. The maximum atomic E-state index is 12.4. The van der Waals surface area contributed by atoms with E-state index in [1.54, 1.807) is 4.90 Å². The van der Waals surface area contributed by atoms with Crippen molar-refractivity contribution >= 4 is 11.9 Å². The molecule has 1 aromatic rings. The van der Waals surface area contributed by atoms with Crippen molar-refractivity contribution in [1.29, 1.82) is 0 Å². The number of carboxylic acid groups (broad SMARTS) is 1. The van der Waals surface area contributed by atoms with E-state index in [2.05, 4.69) is 0 Å². The zero-order valence-electron chi connectivity index (χ0n) is 14.9. The van der Waals surface area contributed by atoms with Gasteiger partial charge in [0.2, 0.25) is 5.91 Å². The van der Waals surface area contributed by atoms with Crippen LogP contribution in [0.1, 0.15) is 44.1 Å². The molecule has 0 aromatic heterocycles. The van der Waals surface area contributed by atoms with E-state index >= 15 is 0 Å². The number of aryl methyl sites for hydroxylation is 1. The van der Waals surface area contributed by atoms with Gasteiger partial charge < -0.3 is 14.7 Å². The van der Waals surface area contributed by atoms with Crippen LogP contribution in [0.25, 0.3) is 0 Å². The van der Waals surface area contributed by atoms with Crippen molar-refractivity contribution < 1.29 is 19.4 Å². The fraction of sp³-hybridized carbons (Fsp3) is 0.600. The molecule has 1 N–H and O–H groups in total. The van der Waals surface area contributed by atoms with Crippen LogP contribution in [0.15, 0.2) is 24.3 Å². The Balaban J connectivity index is 1.39. The highest BCUT2D eigenvalue weighted by Crippen LogP contribution is 2.49. The lowest BCUT2D eigenvalue weighted by Gasteiger charge is -2.23. The largest absolute Gasteiger partial charge is 0.494 e. The molecule has 136 valence electrons. The number of amides is 1. The quantitative estimate of drug-likeness (QED) is 0.770. The molecule has 1 aliphatic heterocycles. The molecule has 1 aromatic carbocycles. The lowest BCUT2D eigenvalue weighted by Crippen LogP contribution is -2.37. The summed E-state index contributed by atoms with van der Waals surface area (Å²) in [6, 6.07) is 7.93. The van der Waals surface area contributed by atoms with Crippen LogP contribution in [0.4, 0.5) is 0 Å². The van der Waals surface area contributed by atoms with Gasteiger partial charge in [-0.1, -0.05) is 18.6 Å². The Labute approximate surface area is 149 Å². The van der Waals surface area contributed by atoms with Crippen LogP contribution in [-0.2, 0) is 9.59 Å². The molecule has 2 atom stereocenters. The van der Waals surface area contributed by atoms with Gasteiger partial charge in [-0.15, -0.1) is 0 Å². The van der Waals surface area contributed by atoms with E-state index in [0.29, 0.717) is 32.5 Å². The van der Waals surface area contributed by atoms with Gasteiger partial charge in [-0.05, 0) is 56.2 Å². The normalized spacial score (nSPS) is 25.0. The summed E-state index contributed by atoms with van der Waals surface area (Å²) >= 11 is 0. The first kappa shape index (κ1) is 17.8. The van der Waals surface area contributed by atoms with Crippen LogP contribution in [0, 0.1) is 18.3 Å². The standard InChI is InChI=1S/C20H27NO4/c1-15-6-4-8-17(12-15)25-11-3-2-9-18(22)21-13-16-7-5-10-20(16,14-21)19(23)24/h4,6,8,12,16H,2-3,5,7,9-11,13-14H2,1H3,(H,23,24)/t16-,20+/m0/s1. The molecule has 0 unspecified atom stereocenters. The maximum absolute atomic E-state index is 12.4. The first-order valence-electron chi connectivity index (χ1n) is 9.22. The average Bonchev–Trinajstić information content (AvgIpc) is 3.12. The number of unbranched alkanes of at least 4 members (excludes halogenated alkanes) is 1. The fourth-order valence-corrected chi connectivity index (χ4v) is 4.26. The van der Waals surface area contributed by atoms with E-state index < -0.39 is 11.4 Å². The summed E-state index contributed by atoms with van der Waals surface area (Å²) in [4.78, 5) is 25.9. The lowest BCUT2D eigenvalue weighted by atomic mass is 9.81. The molecule has 1 saturated heterocycles. The number of ether oxygens (including phenoxy) is 1. The number of nitrogens with zero attached hydrogens (tertiary/aromatic N) is 1. The number of hydrogen-bond donors (Lipinski definition) is 1. The van der Waals surface area contributed by atoms with Crippen LogP contribution in [0.3, 0.4) is 0 Å². The van der Waals surface area contributed by atoms with Crippen molar-refractivity contribution in [3.63, 3.8) is 0 Å². The van der Waals surface area contributed by atoms with E-state index in [4.69, 9.17) is 4.74 Å². The van der Waals surface area contributed by atoms with E-state index in [1.807, 2.05) is 31.2 Å². The maximum Gasteiger partial charge on any atom is 0.311 e. The fourth-order valence-electron chi connectivity index (χ4n) is 4.26. The van der Waals surface area contributed by atoms with Crippen molar-refractivity contribution in [3.8, 4) is 5.75 Å². The van der Waals surface area contributed by atoms with Crippen LogP contribution >= 0.6 is 0 Å². The zero-order valence-corrected chi connectivity index (χ0v) is 14.9. The van der Waals surface area contributed by atoms with Crippen molar-refractivity contribution in [2.75, 3.05) is 19.7 Å². The van der Waals surface area contributed by atoms with Gasteiger partial charge in [-0.25, -0.2) is 0 Å². The first-order chi connectivity index (χ1) is 12.0. The molecule has 0 spiro atoms. The Morgan fingerprint density at radius 1 is 1.36 bits per heavy atom. The number of carbonyl (C=O) groups is 2. The predicted molar refractivity (Wildman–Crippen MR) is 94.5 cm³/mol. The van der Waals surface area contributed by atoms with Gasteiger partial charge in [0.05, 0.1) is 12.0 Å². The van der Waals surface area contributed by atoms with Gasteiger partial charge in [-0.2, -0.15) is 0 Å². The summed E-state index contributed by atoms with van der Waals surface area (Å²) in [6.07, 6.45) is 4.67. The third-order valence-electron chi connectivity index (χ3n) is 5.69. The van der Waals surface area contributed by atoms with E-state index in [1.165, 1.54) is 5.56 Å². The minimum atomic E-state index is -0.725. The Hall–Kier alpha value is -2.04. The molecule has 0 bridgehead atoms. The number of benzene rings is 1. The highest BCUT2D eigenvalue weighted by Gasteiger charge is 2.55. The number of rotatable bonds is 7. The minimum Gasteiger partial charge on any atom is -0.494 e. The molecule has 2 fully saturated rings. The molecule has 3 rings (SSSR count). The number of carbonyl (C=O) groups excluding carboxylic acids is 1. The highest BCUT2D eigenvalue weighted by atomic mass is 16.5. The average molecular weight is 345 g/mol. The van der Waals surface area contributed by atoms with Gasteiger partial charge in [0.15, 0.2) is 0 Å². The second-order valence-electron chi connectivity index (χ2n) is 7.45. The number of aliphatic carboxylic acids is 1. The van der Waals surface area contributed by atoms with Gasteiger partial charge in [0, 0.05) is 19.5 Å². The summed E-state index contributed by atoms with van der Waals surface area (Å²) in [6.45, 7) is 3.63. The summed E-state index contributed by atoms with van der Waals surface area (Å²) in [5.74, 6) is 0.364. The zero-order chi connectivity index (χ0) is 17.9. The van der Waals surface area contributed by atoms with Gasteiger partial charge >= 0.3 is 5.97 Å². The molecular formula is C20H27NO4. The topological polar surface area (TPSA) is 66.8 Å². The van der Waals surface area contributed by atoms with Crippen molar-refractivity contribution in [1.82, 2.24) is 4.90 Å². The summed E-state index contributed by atoms with van der Waals surface area (Å²) < 4.78 is 5.70. The molecule has 0 radical (unpaired) electrons. The number of likely N-dealkylation sites (tertiary alicyclic amines) is 1. The monoisotopic (exact) mass is 345 g/mol. The third kappa shape index (κ3) is 3.80. The van der Waals surface area contributed by atoms with Crippen molar-refractivity contribution in [2.24, 2.45) is 11.3 Å². The van der Waals surface area contributed by atoms with Gasteiger partial charge in [0.1, 0.15) is 5.75 Å². The van der Waals surface area contributed by atoms with Crippen molar-refractivity contribution in [3.05, 3.63) is 29.8 Å². The molecule has 1 saturated carbocycles. The Bertz CT molecular complexity index is 644. The molecule has 25 heavy (non-hydrogen) atoms. The predicted octanol–water partition coefficient (Wildman–Crippen LogP) is 3.26. The number of carboxylic acids is 1. The second kappa shape index (κ2) is 7.46. The molecule has 1 amide bonds. The van der Waals surface area contributed by atoms with E-state index in [0.717, 1.165) is 31.4 Å². The van der Waals surface area contributed by atoms with E-state index in [9.17, 15) is 14.7 Å². The Morgan fingerprint density at radius 3 is 2.92 bits per heavy atom. The molecule has 1 heterocycles. The van der Waals surface area contributed by atoms with Crippen LogP contribution < -0.4 is 4.74 Å². The minimum absolute atomic E-state index is 0.0885. The van der Waals surface area contributed by atoms with Crippen molar-refractivity contribution in [2.45, 2.75) is 45.4 Å².